The number of aldehydes is 1. The molecule has 1 unspecified atom stereocenters. The summed E-state index contributed by atoms with van der Waals surface area (Å²) in [5, 5.41) is 25.1. The second-order valence-corrected chi connectivity index (χ2v) is 17.0. The van der Waals surface area contributed by atoms with Gasteiger partial charge in [0.25, 0.3) is 5.91 Å². The van der Waals surface area contributed by atoms with Crippen LogP contribution in [0, 0.1) is 23.7 Å². The van der Waals surface area contributed by atoms with Crippen molar-refractivity contribution in [3.8, 4) is 17.0 Å². The zero-order valence-corrected chi connectivity index (χ0v) is 32.4. The number of alkyl halides is 1. The van der Waals surface area contributed by atoms with E-state index in [0.29, 0.717) is 66.0 Å². The number of nitrogens with zero attached hydrogens (tertiary/aromatic N) is 7. The summed E-state index contributed by atoms with van der Waals surface area (Å²) in [5.41, 5.74) is 3.39. The molecule has 15 heteroatoms. The fraction of sp³-hybridized carbons (Fsp3) is 0.524. The van der Waals surface area contributed by atoms with Crippen molar-refractivity contribution >= 4 is 41.2 Å². The van der Waals surface area contributed by atoms with Gasteiger partial charge in [-0.15, -0.1) is 10.2 Å². The molecule has 9 rings (SSSR count). The molecule has 5 aliphatic heterocycles. The first-order chi connectivity index (χ1) is 27.6. The van der Waals surface area contributed by atoms with Gasteiger partial charge < -0.3 is 30.0 Å². The number of nitrogens with one attached hydrogen (secondary N) is 2. The number of para-hydroxylation sites is 1. The summed E-state index contributed by atoms with van der Waals surface area (Å²) in [4.78, 5) is 60.3. The number of imide groups is 1. The van der Waals surface area contributed by atoms with Crippen molar-refractivity contribution in [1.29, 1.82) is 0 Å². The molecule has 5 fully saturated rings. The van der Waals surface area contributed by atoms with Crippen molar-refractivity contribution in [3.63, 3.8) is 0 Å². The van der Waals surface area contributed by atoms with E-state index in [9.17, 15) is 24.3 Å². The fourth-order valence-electron chi connectivity index (χ4n) is 10.2. The van der Waals surface area contributed by atoms with Crippen molar-refractivity contribution in [3.05, 3.63) is 59.7 Å². The summed E-state index contributed by atoms with van der Waals surface area (Å²) in [7, 11) is 1.50. The number of anilines is 3. The van der Waals surface area contributed by atoms with E-state index >= 15 is 4.39 Å². The first-order valence-electron chi connectivity index (χ1n) is 20.3. The van der Waals surface area contributed by atoms with E-state index in [1.54, 1.807) is 30.3 Å². The Hall–Kier alpha value is -5.15. The number of aromatic nitrogens is 2. The van der Waals surface area contributed by atoms with Gasteiger partial charge in [-0.1, -0.05) is 12.1 Å². The number of hydrogen-bond acceptors (Lipinski definition) is 12. The molecule has 0 spiro atoms. The van der Waals surface area contributed by atoms with Crippen molar-refractivity contribution < 1.29 is 28.7 Å². The topological polar surface area (TPSA) is 155 Å². The number of halogens is 1. The maximum absolute atomic E-state index is 15.9. The predicted octanol–water partition coefficient (Wildman–Crippen LogP) is 2.89. The molecule has 300 valence electrons. The van der Waals surface area contributed by atoms with Gasteiger partial charge in [-0.2, -0.15) is 0 Å². The van der Waals surface area contributed by atoms with E-state index in [-0.39, 0.29) is 48.1 Å². The number of piperazine rings is 1. The second kappa shape index (κ2) is 15.0. The molecule has 6 aliphatic rings. The van der Waals surface area contributed by atoms with Crippen LogP contribution in [-0.4, -0.2) is 144 Å². The van der Waals surface area contributed by atoms with Crippen LogP contribution in [0.25, 0.3) is 11.3 Å². The summed E-state index contributed by atoms with van der Waals surface area (Å²) in [6.45, 7) is 9.68. The average Bonchev–Trinajstić information content (AvgIpc) is 3.64. The lowest BCUT2D eigenvalue weighted by Gasteiger charge is -2.49. The van der Waals surface area contributed by atoms with Gasteiger partial charge in [0.1, 0.15) is 18.0 Å². The van der Waals surface area contributed by atoms with Crippen LogP contribution in [0.4, 0.5) is 21.6 Å². The van der Waals surface area contributed by atoms with Crippen LogP contribution in [-0.2, 0) is 9.59 Å². The summed E-state index contributed by atoms with van der Waals surface area (Å²) < 4.78 is 15.9. The third kappa shape index (κ3) is 7.09. The van der Waals surface area contributed by atoms with Gasteiger partial charge >= 0.3 is 0 Å². The quantitative estimate of drug-likeness (QED) is 0.216. The van der Waals surface area contributed by atoms with E-state index in [0.717, 1.165) is 57.3 Å². The third-order valence-electron chi connectivity index (χ3n) is 13.6. The van der Waals surface area contributed by atoms with E-state index in [1.807, 2.05) is 23.1 Å². The molecule has 3 amide bonds. The monoisotopic (exact) mass is 779 g/mol. The lowest BCUT2D eigenvalue weighted by atomic mass is 9.93. The molecular weight excluding hydrogens is 730 g/mol. The Labute approximate surface area is 331 Å². The Kier molecular flexibility index (Phi) is 9.84. The van der Waals surface area contributed by atoms with Gasteiger partial charge in [0.05, 0.1) is 23.0 Å². The van der Waals surface area contributed by atoms with E-state index in [1.165, 1.54) is 11.9 Å². The molecule has 4 saturated heterocycles. The molecule has 57 heavy (non-hydrogen) atoms. The third-order valence-corrected chi connectivity index (χ3v) is 13.6. The second-order valence-electron chi connectivity index (χ2n) is 17.0. The Morgan fingerprint density at radius 3 is 2.58 bits per heavy atom. The van der Waals surface area contributed by atoms with Crippen molar-refractivity contribution in [1.82, 2.24) is 30.2 Å². The van der Waals surface area contributed by atoms with Crippen LogP contribution in [0.1, 0.15) is 46.9 Å². The normalized spacial score (nSPS) is 29.8. The number of benzene rings is 2. The highest BCUT2D eigenvalue weighted by Gasteiger charge is 2.56. The summed E-state index contributed by atoms with van der Waals surface area (Å²) in [6.07, 6.45) is 0.616. The molecule has 1 aromatic heterocycles. The van der Waals surface area contributed by atoms with Crippen LogP contribution >= 0.6 is 0 Å². The number of rotatable bonds is 9. The largest absolute Gasteiger partial charge is 0.507 e. The number of likely N-dealkylation sites (tertiary alicyclic amines) is 1. The minimum atomic E-state index is -1.03. The van der Waals surface area contributed by atoms with Crippen LogP contribution in [0.3, 0.4) is 0 Å². The van der Waals surface area contributed by atoms with Crippen LogP contribution in [0.15, 0.2) is 48.5 Å². The molecule has 3 aromatic rings. The predicted molar refractivity (Wildman–Crippen MR) is 212 cm³/mol. The number of piperidine rings is 3. The maximum Gasteiger partial charge on any atom is 0.255 e. The number of aromatic hydroxyl groups is 1. The minimum absolute atomic E-state index is 0.0722. The molecule has 3 N–H and O–H groups in total. The molecular formula is C42H50FN9O5. The maximum atomic E-state index is 15.9. The number of phenolic OH excluding ortho intramolecular Hbond substituents is 1. The number of carbonyl (C=O) groups is 4. The Bertz CT molecular complexity index is 2070. The highest BCUT2D eigenvalue weighted by atomic mass is 19.1. The number of fused-ring (bicyclic) bond motifs is 4. The van der Waals surface area contributed by atoms with Gasteiger partial charge in [-0.05, 0) is 73.9 Å². The Balaban J connectivity index is 0.764. The molecule has 0 bridgehead atoms. The number of phenols is 1. The fourth-order valence-corrected chi connectivity index (χ4v) is 10.2. The van der Waals surface area contributed by atoms with Gasteiger partial charge in [0.2, 0.25) is 11.8 Å². The molecule has 1 aliphatic carbocycles. The first-order valence-corrected chi connectivity index (χ1v) is 20.3. The zero-order chi connectivity index (χ0) is 39.5. The van der Waals surface area contributed by atoms with Crippen molar-refractivity contribution in [2.24, 2.45) is 23.7 Å². The molecule has 1 saturated carbocycles. The van der Waals surface area contributed by atoms with Gasteiger partial charge in [0, 0.05) is 101 Å². The highest BCUT2D eigenvalue weighted by Crippen LogP contribution is 2.53. The average molecular weight is 780 g/mol. The highest BCUT2D eigenvalue weighted by molar-refractivity contribution is 6.06. The number of hydrogen-bond donors (Lipinski definition) is 3. The number of carbonyl (C=O) groups excluding carboxylic acids is 4. The van der Waals surface area contributed by atoms with Crippen molar-refractivity contribution in [2.45, 2.75) is 50.5 Å². The van der Waals surface area contributed by atoms with Crippen LogP contribution in [0.5, 0.6) is 5.75 Å². The summed E-state index contributed by atoms with van der Waals surface area (Å²) >= 11 is 0. The Morgan fingerprint density at radius 2 is 1.82 bits per heavy atom. The smallest absolute Gasteiger partial charge is 0.255 e. The zero-order valence-electron chi connectivity index (χ0n) is 32.4. The van der Waals surface area contributed by atoms with Gasteiger partial charge in [-0.25, -0.2) is 4.39 Å². The lowest BCUT2D eigenvalue weighted by molar-refractivity contribution is -0.136. The van der Waals surface area contributed by atoms with Crippen molar-refractivity contribution in [2.75, 3.05) is 81.1 Å². The number of amides is 3. The van der Waals surface area contributed by atoms with E-state index in [4.69, 9.17) is 0 Å². The molecule has 2 aromatic carbocycles. The summed E-state index contributed by atoms with van der Waals surface area (Å²) in [5.74, 6) is 1.49. The van der Waals surface area contributed by atoms with Crippen LogP contribution < -0.4 is 20.4 Å². The first kappa shape index (κ1) is 37.4. The molecule has 14 nitrogen and oxygen atoms in total. The Morgan fingerprint density at radius 1 is 1.02 bits per heavy atom. The van der Waals surface area contributed by atoms with E-state index in [2.05, 4.69) is 42.5 Å². The van der Waals surface area contributed by atoms with Gasteiger partial charge in [-0.3, -0.25) is 29.4 Å². The SMILES string of the molecule is C[C@H]1CN2c3cc(-c4ccccc4O)nnc3NC[C@H]2CN1C[C@H]1[C@@H]2CN(C[C@H]3CCN(c4ccc(C=O)c(C(=O)N(C)C5CCC(=O)NC5=O)c4)C[C@@H]3F)C[C@@H]21. The lowest BCUT2D eigenvalue weighted by Crippen LogP contribution is -2.61. The molecule has 0 radical (unpaired) electrons. The van der Waals surface area contributed by atoms with E-state index < -0.39 is 24.0 Å². The molecule has 6 heterocycles. The molecule has 8 atom stereocenters. The number of likely N-dealkylation sites (N-methyl/N-ethyl adjacent to an activating group) is 1. The standard InChI is InChI=1S/C42H50FN9O5/c1-24-16-52-28(15-44-40-37(52)14-35(46-47-40)29-5-3-4-6-38(29)54)18-51(24)21-33-31-19-49(20-32(31)33)17-25-11-12-50(22-34(25)43)27-8-7-26(23-53)30(13-27)42(57)48(2)36-9-10-39(55)45-41(36)56/h3-8,13-14,23-25,28,31-34,36,54H,9-12,15-22H2,1-2H3,(H,44,47)(H,45,55,56)/t24-,25+,28-,31-,32+,33+,34-,36?/m0/s1. The summed E-state index contributed by atoms with van der Waals surface area (Å²) in [6, 6.07) is 14.1. The minimum Gasteiger partial charge on any atom is -0.507 e. The van der Waals surface area contributed by atoms with Crippen LogP contribution in [0.2, 0.25) is 0 Å². The van der Waals surface area contributed by atoms with Gasteiger partial charge in [0.15, 0.2) is 12.1 Å².